The molecule has 110 valence electrons. The molecule has 0 amide bonds. The van der Waals surface area contributed by atoms with Crippen molar-refractivity contribution < 1.29 is 0 Å². The molecule has 0 unspecified atom stereocenters. The third-order valence-electron chi connectivity index (χ3n) is 3.85. The van der Waals surface area contributed by atoms with Crippen LogP contribution in [0.5, 0.6) is 0 Å². The molecule has 0 aliphatic heterocycles. The molecule has 0 spiro atoms. The van der Waals surface area contributed by atoms with Crippen molar-refractivity contribution in [2.24, 2.45) is 0 Å². The minimum atomic E-state index is 0.448. The van der Waals surface area contributed by atoms with Crippen LogP contribution in [0.25, 0.3) is 0 Å². The van der Waals surface area contributed by atoms with Crippen LogP contribution in [0.3, 0.4) is 0 Å². The SMILES string of the molecule is Clc1c(Br)ccc(NC2CC(c3cccc(Br)c3)C2)c1Cl. The number of benzene rings is 2. The minimum Gasteiger partial charge on any atom is -0.381 e. The van der Waals surface area contributed by atoms with Crippen molar-refractivity contribution >= 4 is 60.7 Å². The highest BCUT2D eigenvalue weighted by Crippen LogP contribution is 2.42. The third-order valence-corrected chi connectivity index (χ3v) is 6.12. The van der Waals surface area contributed by atoms with E-state index in [-0.39, 0.29) is 0 Å². The maximum absolute atomic E-state index is 6.27. The third kappa shape index (κ3) is 3.42. The Morgan fingerprint density at radius 3 is 2.48 bits per heavy atom. The number of halogens is 4. The Hall–Kier alpha value is -0.220. The molecule has 1 fully saturated rings. The zero-order chi connectivity index (χ0) is 15.0. The summed E-state index contributed by atoms with van der Waals surface area (Å²) >= 11 is 19.3. The van der Waals surface area contributed by atoms with Gasteiger partial charge in [-0.15, -0.1) is 0 Å². The van der Waals surface area contributed by atoms with Gasteiger partial charge in [-0.1, -0.05) is 51.3 Å². The van der Waals surface area contributed by atoms with E-state index in [0.29, 0.717) is 22.0 Å². The van der Waals surface area contributed by atoms with Gasteiger partial charge in [-0.25, -0.2) is 0 Å². The highest BCUT2D eigenvalue weighted by Gasteiger charge is 2.30. The van der Waals surface area contributed by atoms with Gasteiger partial charge in [0.2, 0.25) is 0 Å². The Balaban J connectivity index is 1.64. The van der Waals surface area contributed by atoms with Crippen molar-refractivity contribution in [2.75, 3.05) is 5.32 Å². The van der Waals surface area contributed by atoms with Gasteiger partial charge >= 0.3 is 0 Å². The number of anilines is 1. The fourth-order valence-electron chi connectivity index (χ4n) is 2.63. The van der Waals surface area contributed by atoms with E-state index >= 15 is 0 Å². The van der Waals surface area contributed by atoms with Crippen molar-refractivity contribution in [3.05, 3.63) is 61.0 Å². The summed E-state index contributed by atoms with van der Waals surface area (Å²) in [6.45, 7) is 0. The van der Waals surface area contributed by atoms with Gasteiger partial charge in [-0.3, -0.25) is 0 Å². The first-order chi connectivity index (χ1) is 10.0. The summed E-state index contributed by atoms with van der Waals surface area (Å²) in [6.07, 6.45) is 2.22. The lowest BCUT2D eigenvalue weighted by Crippen LogP contribution is -2.34. The van der Waals surface area contributed by atoms with Gasteiger partial charge in [0.05, 0.1) is 15.7 Å². The molecular formula is C16H13Br2Cl2N. The average Bonchev–Trinajstić information content (AvgIpc) is 2.42. The maximum atomic E-state index is 6.27. The molecule has 2 aromatic carbocycles. The Kier molecular flexibility index (Phi) is 4.84. The quantitative estimate of drug-likeness (QED) is 0.504. The normalized spacial score (nSPS) is 21.0. The van der Waals surface area contributed by atoms with E-state index < -0.39 is 0 Å². The second kappa shape index (κ2) is 6.49. The standard InChI is InChI=1S/C16H13Br2Cl2N/c17-11-3-1-2-9(6-11)10-7-12(8-10)21-14-5-4-13(18)15(19)16(14)20/h1-6,10,12,21H,7-8H2. The molecule has 3 rings (SSSR count). The van der Waals surface area contributed by atoms with E-state index in [0.717, 1.165) is 27.5 Å². The molecule has 0 atom stereocenters. The molecule has 2 aromatic rings. The lowest BCUT2D eigenvalue weighted by atomic mass is 9.76. The predicted octanol–water partition coefficient (Wildman–Crippen LogP) is 6.88. The fraction of sp³-hybridized carbons (Fsp3) is 0.250. The van der Waals surface area contributed by atoms with E-state index in [2.05, 4.69) is 61.4 Å². The van der Waals surface area contributed by atoms with Crippen LogP contribution in [0, 0.1) is 0 Å². The lowest BCUT2D eigenvalue weighted by Gasteiger charge is -2.37. The van der Waals surface area contributed by atoms with Crippen LogP contribution in [-0.2, 0) is 0 Å². The summed E-state index contributed by atoms with van der Waals surface area (Å²) in [6, 6.07) is 12.9. The highest BCUT2D eigenvalue weighted by molar-refractivity contribution is 9.10. The zero-order valence-corrected chi connectivity index (χ0v) is 15.7. The van der Waals surface area contributed by atoms with Gasteiger partial charge in [0.25, 0.3) is 0 Å². The summed E-state index contributed by atoms with van der Waals surface area (Å²) in [5.41, 5.74) is 2.30. The number of rotatable bonds is 3. The first kappa shape index (κ1) is 15.7. The largest absolute Gasteiger partial charge is 0.381 e. The molecular weight excluding hydrogens is 437 g/mol. The molecule has 1 aliphatic carbocycles. The smallest absolute Gasteiger partial charge is 0.0835 e. The molecule has 0 heterocycles. The molecule has 0 saturated heterocycles. The van der Waals surface area contributed by atoms with Crippen molar-refractivity contribution in [3.8, 4) is 0 Å². The molecule has 1 nitrogen and oxygen atoms in total. The van der Waals surface area contributed by atoms with Crippen LogP contribution < -0.4 is 5.32 Å². The first-order valence-electron chi connectivity index (χ1n) is 6.70. The predicted molar refractivity (Wildman–Crippen MR) is 97.7 cm³/mol. The van der Waals surface area contributed by atoms with Gasteiger partial charge in [0.15, 0.2) is 0 Å². The van der Waals surface area contributed by atoms with E-state index in [1.54, 1.807) is 0 Å². The summed E-state index contributed by atoms with van der Waals surface area (Å²) in [7, 11) is 0. The highest BCUT2D eigenvalue weighted by atomic mass is 79.9. The van der Waals surface area contributed by atoms with E-state index in [4.69, 9.17) is 23.2 Å². The molecule has 21 heavy (non-hydrogen) atoms. The molecule has 0 aromatic heterocycles. The topological polar surface area (TPSA) is 12.0 Å². The second-order valence-corrected chi connectivity index (χ2v) is 7.81. The van der Waals surface area contributed by atoms with Crippen molar-refractivity contribution in [1.82, 2.24) is 0 Å². The minimum absolute atomic E-state index is 0.448. The molecule has 0 bridgehead atoms. The Bertz CT molecular complexity index is 669. The Morgan fingerprint density at radius 2 is 1.76 bits per heavy atom. The second-order valence-electron chi connectivity index (χ2n) is 5.29. The van der Waals surface area contributed by atoms with Gasteiger partial charge < -0.3 is 5.32 Å². The van der Waals surface area contributed by atoms with Crippen LogP contribution in [0.1, 0.15) is 24.3 Å². The Labute approximate surface area is 151 Å². The van der Waals surface area contributed by atoms with Crippen molar-refractivity contribution in [1.29, 1.82) is 0 Å². The van der Waals surface area contributed by atoms with Crippen LogP contribution in [0.2, 0.25) is 10.0 Å². The van der Waals surface area contributed by atoms with Crippen LogP contribution in [-0.4, -0.2) is 6.04 Å². The van der Waals surface area contributed by atoms with E-state index in [9.17, 15) is 0 Å². The molecule has 1 aliphatic rings. The summed E-state index contributed by atoms with van der Waals surface area (Å²) < 4.78 is 1.96. The molecule has 1 saturated carbocycles. The van der Waals surface area contributed by atoms with E-state index in [1.165, 1.54) is 5.56 Å². The zero-order valence-electron chi connectivity index (χ0n) is 11.0. The first-order valence-corrected chi connectivity index (χ1v) is 9.04. The van der Waals surface area contributed by atoms with Gasteiger partial charge in [-0.2, -0.15) is 0 Å². The van der Waals surface area contributed by atoms with Crippen molar-refractivity contribution in [3.63, 3.8) is 0 Å². The summed E-state index contributed by atoms with van der Waals surface area (Å²) in [4.78, 5) is 0. The van der Waals surface area contributed by atoms with Gasteiger partial charge in [0, 0.05) is 15.0 Å². The van der Waals surface area contributed by atoms with Gasteiger partial charge in [-0.05, 0) is 64.5 Å². The number of nitrogens with one attached hydrogen (secondary N) is 1. The molecule has 1 N–H and O–H groups in total. The summed E-state index contributed by atoms with van der Waals surface area (Å²) in [5, 5.41) is 4.62. The number of hydrogen-bond acceptors (Lipinski definition) is 1. The average molecular weight is 450 g/mol. The van der Waals surface area contributed by atoms with E-state index in [1.807, 2.05) is 12.1 Å². The van der Waals surface area contributed by atoms with Gasteiger partial charge in [0.1, 0.15) is 0 Å². The fourth-order valence-corrected chi connectivity index (χ4v) is 3.87. The molecule has 5 heteroatoms. The monoisotopic (exact) mass is 447 g/mol. The maximum Gasteiger partial charge on any atom is 0.0835 e. The Morgan fingerprint density at radius 1 is 1.00 bits per heavy atom. The van der Waals surface area contributed by atoms with Crippen LogP contribution >= 0.6 is 55.1 Å². The molecule has 0 radical (unpaired) electrons. The van der Waals surface area contributed by atoms with Crippen molar-refractivity contribution in [2.45, 2.75) is 24.8 Å². The summed E-state index contributed by atoms with van der Waals surface area (Å²) in [5.74, 6) is 0.615. The van der Waals surface area contributed by atoms with Crippen LogP contribution in [0.4, 0.5) is 5.69 Å². The van der Waals surface area contributed by atoms with Crippen LogP contribution in [0.15, 0.2) is 45.3 Å². The lowest BCUT2D eigenvalue weighted by molar-refractivity contribution is 0.374. The number of hydrogen-bond donors (Lipinski definition) is 1.